The van der Waals surface area contributed by atoms with Crippen molar-refractivity contribution in [3.05, 3.63) is 58.7 Å². The second kappa shape index (κ2) is 5.78. The van der Waals surface area contributed by atoms with Gasteiger partial charge in [-0.2, -0.15) is 0 Å². The fourth-order valence-electron chi connectivity index (χ4n) is 2.10. The van der Waals surface area contributed by atoms with Crippen LogP contribution < -0.4 is 11.1 Å². The topological polar surface area (TPSA) is 55.1 Å². The van der Waals surface area contributed by atoms with Crippen molar-refractivity contribution in [1.29, 1.82) is 0 Å². The van der Waals surface area contributed by atoms with Crippen molar-refractivity contribution >= 4 is 17.2 Å². The van der Waals surface area contributed by atoms with Crippen LogP contribution in [0.3, 0.4) is 0 Å². The molecule has 0 radical (unpaired) electrons. The van der Waals surface area contributed by atoms with Gasteiger partial charge in [-0.05, 0) is 44.0 Å². The highest BCUT2D eigenvalue weighted by Gasteiger charge is 2.08. The Morgan fingerprint density at radius 1 is 1.05 bits per heavy atom. The van der Waals surface area contributed by atoms with Gasteiger partial charge in [-0.3, -0.25) is 4.79 Å². The van der Waals surface area contributed by atoms with Crippen molar-refractivity contribution in [2.45, 2.75) is 20.8 Å². The maximum absolute atomic E-state index is 12.1. The van der Waals surface area contributed by atoms with Crippen molar-refractivity contribution in [2.24, 2.45) is 0 Å². The Morgan fingerprint density at radius 2 is 1.80 bits per heavy atom. The molecule has 0 aliphatic carbocycles. The van der Waals surface area contributed by atoms with Gasteiger partial charge in [0.2, 0.25) is 0 Å². The van der Waals surface area contributed by atoms with E-state index in [0.29, 0.717) is 11.3 Å². The number of nitrogens with one attached hydrogen (secondary N) is 1. The number of anilines is 2. The molecule has 0 spiro atoms. The maximum atomic E-state index is 12.1. The van der Waals surface area contributed by atoms with Gasteiger partial charge in [-0.25, -0.2) is 0 Å². The quantitative estimate of drug-likeness (QED) is 0.659. The smallest absolute Gasteiger partial charge is 0.181 e. The number of nitrogens with two attached hydrogens (primary N) is 1. The van der Waals surface area contributed by atoms with Gasteiger partial charge in [0.1, 0.15) is 0 Å². The van der Waals surface area contributed by atoms with Crippen LogP contribution in [0.2, 0.25) is 0 Å². The standard InChI is InChI=1S/C17H20N2O/c1-11-4-7-16(13(3)8-11)19-10-17(20)14-6-5-12(2)15(18)9-14/h4-9,19H,10,18H2,1-3H3. The van der Waals surface area contributed by atoms with E-state index < -0.39 is 0 Å². The molecule has 104 valence electrons. The van der Waals surface area contributed by atoms with E-state index in [9.17, 15) is 4.79 Å². The third-order valence-corrected chi connectivity index (χ3v) is 3.42. The Kier molecular flexibility index (Phi) is 4.08. The highest BCUT2D eigenvalue weighted by atomic mass is 16.1. The van der Waals surface area contributed by atoms with E-state index in [1.807, 2.05) is 38.1 Å². The normalized spacial score (nSPS) is 10.3. The van der Waals surface area contributed by atoms with Crippen LogP contribution in [0.5, 0.6) is 0 Å². The highest BCUT2D eigenvalue weighted by Crippen LogP contribution is 2.17. The van der Waals surface area contributed by atoms with Crippen LogP contribution in [0.1, 0.15) is 27.0 Å². The monoisotopic (exact) mass is 268 g/mol. The maximum Gasteiger partial charge on any atom is 0.181 e. The average Bonchev–Trinajstić information content (AvgIpc) is 2.40. The molecule has 3 heteroatoms. The lowest BCUT2D eigenvalue weighted by molar-refractivity contribution is 0.101. The molecule has 0 saturated carbocycles. The minimum absolute atomic E-state index is 0.0386. The predicted octanol–water partition coefficient (Wildman–Crippen LogP) is 3.49. The third kappa shape index (κ3) is 3.18. The SMILES string of the molecule is Cc1ccc(NCC(=O)c2ccc(C)c(N)c2)c(C)c1. The lowest BCUT2D eigenvalue weighted by Crippen LogP contribution is -2.15. The fourth-order valence-corrected chi connectivity index (χ4v) is 2.10. The van der Waals surface area contributed by atoms with E-state index in [0.717, 1.165) is 16.8 Å². The van der Waals surface area contributed by atoms with E-state index in [-0.39, 0.29) is 12.3 Å². The Hall–Kier alpha value is -2.29. The number of hydrogen-bond donors (Lipinski definition) is 2. The summed E-state index contributed by atoms with van der Waals surface area (Å²) in [6.07, 6.45) is 0. The van der Waals surface area contributed by atoms with E-state index in [2.05, 4.69) is 18.3 Å². The molecule has 2 rings (SSSR count). The molecule has 2 aromatic rings. The van der Waals surface area contributed by atoms with Crippen molar-refractivity contribution in [3.8, 4) is 0 Å². The lowest BCUT2D eigenvalue weighted by atomic mass is 10.1. The molecule has 0 fully saturated rings. The number of benzene rings is 2. The van der Waals surface area contributed by atoms with Crippen molar-refractivity contribution < 1.29 is 4.79 Å². The van der Waals surface area contributed by atoms with Crippen LogP contribution in [0.25, 0.3) is 0 Å². The van der Waals surface area contributed by atoms with Gasteiger partial charge >= 0.3 is 0 Å². The minimum atomic E-state index is 0.0386. The molecule has 0 saturated heterocycles. The Bertz CT molecular complexity index is 647. The van der Waals surface area contributed by atoms with Crippen molar-refractivity contribution in [2.75, 3.05) is 17.6 Å². The number of aryl methyl sites for hydroxylation is 3. The van der Waals surface area contributed by atoms with Crippen LogP contribution >= 0.6 is 0 Å². The van der Waals surface area contributed by atoms with Gasteiger partial charge in [0.15, 0.2) is 5.78 Å². The molecule has 0 aliphatic heterocycles. The summed E-state index contributed by atoms with van der Waals surface area (Å²) in [4.78, 5) is 12.1. The van der Waals surface area contributed by atoms with Gasteiger partial charge in [0.05, 0.1) is 6.54 Å². The van der Waals surface area contributed by atoms with Gasteiger partial charge in [0.25, 0.3) is 0 Å². The number of nitrogen functional groups attached to an aromatic ring is 1. The fraction of sp³-hybridized carbons (Fsp3) is 0.235. The Morgan fingerprint density at radius 3 is 2.45 bits per heavy atom. The van der Waals surface area contributed by atoms with Crippen LogP contribution in [-0.2, 0) is 0 Å². The van der Waals surface area contributed by atoms with Gasteiger partial charge < -0.3 is 11.1 Å². The first-order valence-corrected chi connectivity index (χ1v) is 6.68. The second-order valence-corrected chi connectivity index (χ2v) is 5.17. The second-order valence-electron chi connectivity index (χ2n) is 5.17. The molecule has 0 heterocycles. The van der Waals surface area contributed by atoms with E-state index in [1.165, 1.54) is 5.56 Å². The zero-order valence-corrected chi connectivity index (χ0v) is 12.2. The zero-order valence-electron chi connectivity index (χ0n) is 12.2. The van der Waals surface area contributed by atoms with Crippen LogP contribution in [0.4, 0.5) is 11.4 Å². The summed E-state index contributed by atoms with van der Waals surface area (Å²) in [6, 6.07) is 11.6. The van der Waals surface area contributed by atoms with Crippen LogP contribution in [0, 0.1) is 20.8 Å². The number of carbonyl (C=O) groups excluding carboxylic acids is 1. The summed E-state index contributed by atoms with van der Waals surface area (Å²) in [7, 11) is 0. The molecule has 0 aliphatic rings. The van der Waals surface area contributed by atoms with Crippen LogP contribution in [0.15, 0.2) is 36.4 Å². The average molecular weight is 268 g/mol. The van der Waals surface area contributed by atoms with E-state index in [1.54, 1.807) is 6.07 Å². The Labute approximate surface area is 119 Å². The highest BCUT2D eigenvalue weighted by molar-refractivity contribution is 5.99. The van der Waals surface area contributed by atoms with Gasteiger partial charge in [-0.1, -0.05) is 29.8 Å². The molecule has 3 nitrogen and oxygen atoms in total. The summed E-state index contributed by atoms with van der Waals surface area (Å²) in [6.45, 7) is 6.28. The molecule has 20 heavy (non-hydrogen) atoms. The minimum Gasteiger partial charge on any atom is -0.398 e. The summed E-state index contributed by atoms with van der Waals surface area (Å²) < 4.78 is 0. The van der Waals surface area contributed by atoms with Gasteiger partial charge in [0, 0.05) is 16.9 Å². The molecule has 0 atom stereocenters. The molecule has 3 N–H and O–H groups in total. The first kappa shape index (κ1) is 14.1. The molecule has 0 unspecified atom stereocenters. The van der Waals surface area contributed by atoms with Crippen molar-refractivity contribution in [3.63, 3.8) is 0 Å². The molecule has 0 aromatic heterocycles. The first-order valence-electron chi connectivity index (χ1n) is 6.68. The molecule has 0 amide bonds. The number of hydrogen-bond acceptors (Lipinski definition) is 3. The van der Waals surface area contributed by atoms with Crippen LogP contribution in [-0.4, -0.2) is 12.3 Å². The molecule has 2 aromatic carbocycles. The van der Waals surface area contributed by atoms with E-state index >= 15 is 0 Å². The van der Waals surface area contributed by atoms with Gasteiger partial charge in [-0.15, -0.1) is 0 Å². The summed E-state index contributed by atoms with van der Waals surface area (Å²) in [5, 5.41) is 3.18. The third-order valence-electron chi connectivity index (χ3n) is 3.42. The summed E-state index contributed by atoms with van der Waals surface area (Å²) in [5.41, 5.74) is 11.5. The number of ketones is 1. The molecular formula is C17H20N2O. The van der Waals surface area contributed by atoms with Crippen molar-refractivity contribution in [1.82, 2.24) is 0 Å². The van der Waals surface area contributed by atoms with E-state index in [4.69, 9.17) is 5.73 Å². The first-order chi connectivity index (χ1) is 9.47. The number of Topliss-reactive ketones (excluding diaryl/α,β-unsaturated/α-hetero) is 1. The predicted molar refractivity (Wildman–Crippen MR) is 84.3 cm³/mol. The molecular weight excluding hydrogens is 248 g/mol. The zero-order chi connectivity index (χ0) is 14.7. The Balaban J connectivity index is 2.06. The summed E-state index contributed by atoms with van der Waals surface area (Å²) in [5.74, 6) is 0.0386. The number of carbonyl (C=O) groups is 1. The largest absolute Gasteiger partial charge is 0.398 e. The lowest BCUT2D eigenvalue weighted by Gasteiger charge is -2.10. The molecule has 0 bridgehead atoms. The summed E-state index contributed by atoms with van der Waals surface area (Å²) >= 11 is 0. The number of rotatable bonds is 4.